The number of nitrogens with one attached hydrogen (secondary N) is 2. The fourth-order valence-corrected chi connectivity index (χ4v) is 4.79. The molecule has 10 heteroatoms. The molecule has 1 aliphatic heterocycles. The quantitative estimate of drug-likeness (QED) is 0.662. The van der Waals surface area contributed by atoms with E-state index in [0.717, 1.165) is 0 Å². The maximum atomic E-state index is 13.2. The summed E-state index contributed by atoms with van der Waals surface area (Å²) < 4.78 is 45.1. The molecule has 0 spiro atoms. The zero-order valence-electron chi connectivity index (χ0n) is 20.2. The standard InChI is InChI=1S/C24H33N3O6S/c1-16-13-25-17(2)15-33-22-11-18(9-10-21(22)24(28)27(3)14-23(16)32-5)26-34(29,30)20-8-6-7-19(12-20)31-4/h6-12,16-17,23,25-26H,13-15H2,1-5H3/t16-,17+,23+/m1/s1. The van der Waals surface area contributed by atoms with E-state index in [4.69, 9.17) is 14.2 Å². The molecule has 0 aromatic heterocycles. The van der Waals surface area contributed by atoms with Gasteiger partial charge in [-0.3, -0.25) is 9.52 Å². The number of ether oxygens (including phenoxy) is 3. The van der Waals surface area contributed by atoms with Crippen LogP contribution in [0.5, 0.6) is 11.5 Å². The van der Waals surface area contributed by atoms with Gasteiger partial charge in [-0.15, -0.1) is 0 Å². The maximum absolute atomic E-state index is 13.2. The number of rotatable bonds is 5. The molecule has 0 aliphatic carbocycles. The van der Waals surface area contributed by atoms with Crippen LogP contribution < -0.4 is 19.5 Å². The van der Waals surface area contributed by atoms with Crippen molar-refractivity contribution in [1.82, 2.24) is 10.2 Å². The minimum Gasteiger partial charge on any atom is -0.497 e. The zero-order valence-corrected chi connectivity index (χ0v) is 21.0. The average molecular weight is 492 g/mol. The fourth-order valence-electron chi connectivity index (χ4n) is 3.70. The molecule has 9 nitrogen and oxygen atoms in total. The summed E-state index contributed by atoms with van der Waals surface area (Å²) in [5, 5.41) is 3.42. The van der Waals surface area contributed by atoms with Crippen molar-refractivity contribution in [2.75, 3.05) is 45.7 Å². The Labute approximate surface area is 201 Å². The summed E-state index contributed by atoms with van der Waals surface area (Å²) >= 11 is 0. The van der Waals surface area contributed by atoms with Gasteiger partial charge >= 0.3 is 0 Å². The van der Waals surface area contributed by atoms with E-state index in [-0.39, 0.29) is 34.6 Å². The second kappa shape index (κ2) is 11.1. The predicted molar refractivity (Wildman–Crippen MR) is 130 cm³/mol. The number of hydrogen-bond acceptors (Lipinski definition) is 7. The lowest BCUT2D eigenvalue weighted by Gasteiger charge is -2.30. The van der Waals surface area contributed by atoms with Gasteiger partial charge in [-0.2, -0.15) is 0 Å². The predicted octanol–water partition coefficient (Wildman–Crippen LogP) is 2.59. The van der Waals surface area contributed by atoms with Crippen LogP contribution >= 0.6 is 0 Å². The van der Waals surface area contributed by atoms with Crippen LogP contribution in [0.25, 0.3) is 0 Å². The molecule has 0 saturated carbocycles. The molecule has 0 bridgehead atoms. The van der Waals surface area contributed by atoms with Gasteiger partial charge in [0, 0.05) is 45.4 Å². The van der Waals surface area contributed by atoms with Crippen LogP contribution in [0.3, 0.4) is 0 Å². The summed E-state index contributed by atoms with van der Waals surface area (Å²) in [5.74, 6) is 0.698. The number of amides is 1. The summed E-state index contributed by atoms with van der Waals surface area (Å²) in [4.78, 5) is 14.9. The summed E-state index contributed by atoms with van der Waals surface area (Å²) in [5.41, 5.74) is 0.634. The number of sulfonamides is 1. The minimum absolute atomic E-state index is 0.0113. The second-order valence-electron chi connectivity index (χ2n) is 8.55. The van der Waals surface area contributed by atoms with Gasteiger partial charge in [0.2, 0.25) is 0 Å². The highest BCUT2D eigenvalue weighted by Crippen LogP contribution is 2.28. The van der Waals surface area contributed by atoms with Gasteiger partial charge in [0.1, 0.15) is 18.1 Å². The molecule has 0 saturated heterocycles. The van der Waals surface area contributed by atoms with Gasteiger partial charge in [0.15, 0.2) is 0 Å². The lowest BCUT2D eigenvalue weighted by atomic mass is 10.0. The van der Waals surface area contributed by atoms with Crippen LogP contribution in [-0.2, 0) is 14.8 Å². The first-order valence-electron chi connectivity index (χ1n) is 11.1. The first-order valence-corrected chi connectivity index (χ1v) is 12.6. The van der Waals surface area contributed by atoms with Crippen molar-refractivity contribution in [3.05, 3.63) is 48.0 Å². The number of hydrogen-bond donors (Lipinski definition) is 2. The van der Waals surface area contributed by atoms with Crippen LogP contribution in [0.1, 0.15) is 24.2 Å². The van der Waals surface area contributed by atoms with Crippen molar-refractivity contribution in [1.29, 1.82) is 0 Å². The van der Waals surface area contributed by atoms with Crippen LogP contribution in [0.4, 0.5) is 5.69 Å². The van der Waals surface area contributed by atoms with Gasteiger partial charge in [-0.25, -0.2) is 8.42 Å². The molecule has 1 heterocycles. The van der Waals surface area contributed by atoms with Gasteiger partial charge in [0.05, 0.1) is 29.4 Å². The van der Waals surface area contributed by atoms with Crippen molar-refractivity contribution in [2.24, 2.45) is 5.92 Å². The van der Waals surface area contributed by atoms with Crippen molar-refractivity contribution in [2.45, 2.75) is 30.9 Å². The Morgan fingerprint density at radius 1 is 1.15 bits per heavy atom. The van der Waals surface area contributed by atoms with Crippen molar-refractivity contribution in [3.63, 3.8) is 0 Å². The third-order valence-electron chi connectivity index (χ3n) is 5.83. The Bertz CT molecular complexity index is 1110. The number of methoxy groups -OCH3 is 2. The lowest BCUT2D eigenvalue weighted by Crippen LogP contribution is -2.44. The van der Waals surface area contributed by atoms with Crippen LogP contribution in [0.15, 0.2) is 47.4 Å². The first kappa shape index (κ1) is 25.8. The fraction of sp³-hybridized carbons (Fsp3) is 0.458. The SMILES string of the molecule is COc1cccc(S(=O)(=O)Nc2ccc3c(c2)OC[C@H](C)NC[C@@H](C)[C@@H](OC)CN(C)C3=O)c1. The molecule has 0 fully saturated rings. The molecule has 2 aromatic carbocycles. The number of carbonyl (C=O) groups is 1. The monoisotopic (exact) mass is 491 g/mol. The third-order valence-corrected chi connectivity index (χ3v) is 7.21. The molecule has 34 heavy (non-hydrogen) atoms. The Morgan fingerprint density at radius 2 is 1.91 bits per heavy atom. The first-order chi connectivity index (χ1) is 16.1. The maximum Gasteiger partial charge on any atom is 0.262 e. The molecule has 0 unspecified atom stereocenters. The molecule has 3 atom stereocenters. The van der Waals surface area contributed by atoms with E-state index in [2.05, 4.69) is 17.0 Å². The van der Waals surface area contributed by atoms with Crippen molar-refractivity contribution in [3.8, 4) is 11.5 Å². The number of carbonyl (C=O) groups excluding carboxylic acids is 1. The molecule has 186 valence electrons. The van der Waals surface area contributed by atoms with Gasteiger partial charge in [0.25, 0.3) is 15.9 Å². The van der Waals surface area contributed by atoms with Crippen molar-refractivity contribution < 1.29 is 27.4 Å². The normalized spacial score (nSPS) is 22.1. The summed E-state index contributed by atoms with van der Waals surface area (Å²) in [6.45, 7) is 5.49. The Hall–Kier alpha value is -2.82. The number of benzene rings is 2. The third kappa shape index (κ3) is 6.19. The minimum atomic E-state index is -3.87. The Balaban J connectivity index is 1.92. The van der Waals surface area contributed by atoms with E-state index >= 15 is 0 Å². The molecule has 2 N–H and O–H groups in total. The summed E-state index contributed by atoms with van der Waals surface area (Å²) in [6.07, 6.45) is -0.133. The molecule has 3 rings (SSSR count). The summed E-state index contributed by atoms with van der Waals surface area (Å²) in [6, 6.07) is 10.9. The van der Waals surface area contributed by atoms with E-state index in [9.17, 15) is 13.2 Å². The molecule has 1 aliphatic rings. The van der Waals surface area contributed by atoms with Crippen LogP contribution in [-0.4, -0.2) is 72.3 Å². The average Bonchev–Trinajstić information content (AvgIpc) is 2.83. The highest BCUT2D eigenvalue weighted by Gasteiger charge is 2.26. The number of nitrogens with zero attached hydrogens (tertiary/aromatic N) is 1. The second-order valence-corrected chi connectivity index (χ2v) is 10.2. The molecule has 1 amide bonds. The highest BCUT2D eigenvalue weighted by atomic mass is 32.2. The van der Waals surface area contributed by atoms with Gasteiger partial charge in [-0.1, -0.05) is 13.0 Å². The van der Waals surface area contributed by atoms with Crippen molar-refractivity contribution >= 4 is 21.6 Å². The van der Waals surface area contributed by atoms with E-state index in [1.54, 1.807) is 43.3 Å². The topological polar surface area (TPSA) is 106 Å². The number of fused-ring (bicyclic) bond motifs is 1. The van der Waals surface area contributed by atoms with Gasteiger partial charge in [-0.05, 0) is 37.1 Å². The van der Waals surface area contributed by atoms with E-state index < -0.39 is 10.0 Å². The van der Waals surface area contributed by atoms with E-state index in [1.165, 1.54) is 25.3 Å². The van der Waals surface area contributed by atoms with Gasteiger partial charge < -0.3 is 24.4 Å². The van der Waals surface area contributed by atoms with Crippen LogP contribution in [0.2, 0.25) is 0 Å². The number of likely N-dealkylation sites (N-methyl/N-ethyl adjacent to an activating group) is 1. The molecular formula is C24H33N3O6S. The van der Waals surface area contributed by atoms with E-state index in [0.29, 0.717) is 36.8 Å². The zero-order chi connectivity index (χ0) is 24.9. The Morgan fingerprint density at radius 3 is 2.62 bits per heavy atom. The molecule has 2 aromatic rings. The van der Waals surface area contributed by atoms with E-state index in [1.807, 2.05) is 6.92 Å². The smallest absolute Gasteiger partial charge is 0.262 e. The largest absolute Gasteiger partial charge is 0.497 e. The molecular weight excluding hydrogens is 458 g/mol. The lowest BCUT2D eigenvalue weighted by molar-refractivity contribution is 0.0281. The van der Waals surface area contributed by atoms with Crippen LogP contribution in [0, 0.1) is 5.92 Å². The number of anilines is 1. The summed E-state index contributed by atoms with van der Waals surface area (Å²) in [7, 11) is 0.958. The molecule has 0 radical (unpaired) electrons. The highest BCUT2D eigenvalue weighted by molar-refractivity contribution is 7.92. The Kier molecular flexibility index (Phi) is 8.40.